The molecule has 2 bridgehead atoms. The number of carbonyl (C=O) groups excluding carboxylic acids is 1. The maximum absolute atomic E-state index is 12.8. The first-order valence-corrected chi connectivity index (χ1v) is 9.23. The van der Waals surface area contributed by atoms with Gasteiger partial charge in [0.2, 0.25) is 5.91 Å². The Bertz CT molecular complexity index is 726. The first-order chi connectivity index (χ1) is 12.2. The molecule has 2 atom stereocenters. The van der Waals surface area contributed by atoms with Crippen LogP contribution in [0.5, 0.6) is 0 Å². The van der Waals surface area contributed by atoms with E-state index in [1.54, 1.807) is 10.9 Å². The first kappa shape index (κ1) is 16.3. The van der Waals surface area contributed by atoms with Gasteiger partial charge in [-0.25, -0.2) is 0 Å². The third-order valence-electron chi connectivity index (χ3n) is 5.62. The molecule has 2 aromatic rings. The van der Waals surface area contributed by atoms with Crippen LogP contribution < -0.4 is 0 Å². The van der Waals surface area contributed by atoms with Gasteiger partial charge in [-0.15, -0.1) is 0 Å². The molecule has 3 aliphatic heterocycles. The number of rotatable bonds is 4. The van der Waals surface area contributed by atoms with Crippen LogP contribution in [0.3, 0.4) is 0 Å². The molecular formula is C20H26N4O. The van der Waals surface area contributed by atoms with E-state index >= 15 is 0 Å². The van der Waals surface area contributed by atoms with Crippen LogP contribution in [0, 0.1) is 12.8 Å². The van der Waals surface area contributed by atoms with Crippen LogP contribution in [0.15, 0.2) is 42.6 Å². The maximum Gasteiger partial charge on any atom is 0.244 e. The van der Waals surface area contributed by atoms with Crippen molar-refractivity contribution in [1.82, 2.24) is 19.6 Å². The standard InChI is InChI=1S/C20H26N4O/c1-16-9-10-21-24(16)15-20(25)23-13-18-7-8-19(14-23)22(12-18)11-17-5-3-2-4-6-17/h2-6,9-10,18-19H,7-8,11-15H2,1H3/t18-,19-/m1/s1. The molecule has 132 valence electrons. The second-order valence-corrected chi connectivity index (χ2v) is 7.44. The predicted molar refractivity (Wildman–Crippen MR) is 96.9 cm³/mol. The van der Waals surface area contributed by atoms with Gasteiger partial charge in [-0.1, -0.05) is 30.3 Å². The summed E-state index contributed by atoms with van der Waals surface area (Å²) in [4.78, 5) is 17.5. The summed E-state index contributed by atoms with van der Waals surface area (Å²) in [5, 5.41) is 4.26. The Morgan fingerprint density at radius 3 is 2.72 bits per heavy atom. The molecule has 3 fully saturated rings. The van der Waals surface area contributed by atoms with E-state index < -0.39 is 0 Å². The summed E-state index contributed by atoms with van der Waals surface area (Å²) in [5.41, 5.74) is 2.40. The molecule has 4 heterocycles. The van der Waals surface area contributed by atoms with Crippen LogP contribution in [0.1, 0.15) is 24.1 Å². The normalized spacial score (nSPS) is 23.6. The summed E-state index contributed by atoms with van der Waals surface area (Å²) in [7, 11) is 0. The highest BCUT2D eigenvalue weighted by atomic mass is 16.2. The second-order valence-electron chi connectivity index (χ2n) is 7.44. The van der Waals surface area contributed by atoms with Crippen molar-refractivity contribution in [2.45, 2.75) is 38.9 Å². The van der Waals surface area contributed by atoms with Crippen molar-refractivity contribution in [2.75, 3.05) is 19.6 Å². The minimum atomic E-state index is 0.199. The van der Waals surface area contributed by atoms with E-state index in [4.69, 9.17) is 0 Å². The third-order valence-corrected chi connectivity index (χ3v) is 5.62. The first-order valence-electron chi connectivity index (χ1n) is 9.23. The van der Waals surface area contributed by atoms with E-state index in [-0.39, 0.29) is 5.91 Å². The van der Waals surface area contributed by atoms with Gasteiger partial charge in [-0.2, -0.15) is 5.10 Å². The van der Waals surface area contributed by atoms with Crippen molar-refractivity contribution in [3.63, 3.8) is 0 Å². The summed E-state index contributed by atoms with van der Waals surface area (Å²) in [6.07, 6.45) is 4.19. The van der Waals surface area contributed by atoms with Gasteiger partial charge in [0.15, 0.2) is 0 Å². The highest BCUT2D eigenvalue weighted by Gasteiger charge is 2.36. The molecule has 0 unspecified atom stereocenters. The third kappa shape index (κ3) is 3.61. The van der Waals surface area contributed by atoms with Crippen LogP contribution in [0.2, 0.25) is 0 Å². The Morgan fingerprint density at radius 2 is 1.96 bits per heavy atom. The van der Waals surface area contributed by atoms with Gasteiger partial charge in [0.1, 0.15) is 6.54 Å². The van der Waals surface area contributed by atoms with Gasteiger partial charge >= 0.3 is 0 Å². The van der Waals surface area contributed by atoms with Crippen LogP contribution in [0.25, 0.3) is 0 Å². The molecule has 0 saturated carbocycles. The van der Waals surface area contributed by atoms with Crippen LogP contribution in [-0.4, -0.2) is 51.2 Å². The van der Waals surface area contributed by atoms with E-state index in [9.17, 15) is 4.79 Å². The Morgan fingerprint density at radius 1 is 1.12 bits per heavy atom. The van der Waals surface area contributed by atoms with Gasteiger partial charge in [-0.05, 0) is 37.3 Å². The zero-order chi connectivity index (χ0) is 17.2. The highest BCUT2D eigenvalue weighted by molar-refractivity contribution is 5.76. The number of aromatic nitrogens is 2. The zero-order valence-corrected chi connectivity index (χ0v) is 14.8. The fourth-order valence-electron chi connectivity index (χ4n) is 4.19. The lowest BCUT2D eigenvalue weighted by atomic mass is 9.94. The lowest BCUT2D eigenvalue weighted by Crippen LogP contribution is -2.44. The predicted octanol–water partition coefficient (Wildman–Crippen LogP) is 2.31. The summed E-state index contributed by atoms with van der Waals surface area (Å²) < 4.78 is 1.80. The number of aryl methyl sites for hydroxylation is 1. The Labute approximate surface area is 149 Å². The summed E-state index contributed by atoms with van der Waals surface area (Å²) >= 11 is 0. The Balaban J connectivity index is 1.44. The quantitative estimate of drug-likeness (QED) is 0.859. The molecule has 0 aliphatic carbocycles. The lowest BCUT2D eigenvalue weighted by molar-refractivity contribution is -0.132. The van der Waals surface area contributed by atoms with E-state index in [1.807, 2.05) is 13.0 Å². The molecule has 0 radical (unpaired) electrons. The molecule has 1 aromatic heterocycles. The van der Waals surface area contributed by atoms with Crippen molar-refractivity contribution in [2.24, 2.45) is 5.92 Å². The van der Waals surface area contributed by atoms with E-state index in [1.165, 1.54) is 18.4 Å². The minimum absolute atomic E-state index is 0.199. The number of carbonyl (C=O) groups is 1. The summed E-state index contributed by atoms with van der Waals surface area (Å²) in [5.74, 6) is 0.787. The fourth-order valence-corrected chi connectivity index (χ4v) is 4.19. The van der Waals surface area contributed by atoms with E-state index in [0.717, 1.165) is 31.9 Å². The lowest BCUT2D eigenvalue weighted by Gasteiger charge is -2.36. The zero-order valence-electron chi connectivity index (χ0n) is 14.8. The molecule has 5 nitrogen and oxygen atoms in total. The van der Waals surface area contributed by atoms with Gasteiger partial charge < -0.3 is 4.90 Å². The van der Waals surface area contributed by atoms with Crippen molar-refractivity contribution >= 4 is 5.91 Å². The smallest absolute Gasteiger partial charge is 0.244 e. The molecule has 3 aliphatic rings. The van der Waals surface area contributed by atoms with Crippen LogP contribution >= 0.6 is 0 Å². The molecule has 1 amide bonds. The molecule has 25 heavy (non-hydrogen) atoms. The van der Waals surface area contributed by atoms with Crippen LogP contribution in [0.4, 0.5) is 0 Å². The maximum atomic E-state index is 12.8. The highest BCUT2D eigenvalue weighted by Crippen LogP contribution is 2.29. The number of amides is 1. The monoisotopic (exact) mass is 338 g/mol. The Hall–Kier alpha value is -2.14. The largest absolute Gasteiger partial charge is 0.339 e. The topological polar surface area (TPSA) is 41.4 Å². The van der Waals surface area contributed by atoms with Crippen molar-refractivity contribution in [3.8, 4) is 0 Å². The number of piperidine rings is 1. The molecule has 3 saturated heterocycles. The number of hydrogen-bond acceptors (Lipinski definition) is 3. The van der Waals surface area contributed by atoms with Gasteiger partial charge in [0, 0.05) is 44.1 Å². The number of hydrogen-bond donors (Lipinski definition) is 0. The number of fused-ring (bicyclic) bond motifs is 4. The van der Waals surface area contributed by atoms with Gasteiger partial charge in [0.25, 0.3) is 0 Å². The SMILES string of the molecule is Cc1ccnn1CC(=O)N1C[C@@H]2CC[C@H](C1)N(Cc1ccccc1)C2. The number of nitrogens with zero attached hydrogens (tertiary/aromatic N) is 4. The molecule has 5 rings (SSSR count). The van der Waals surface area contributed by atoms with E-state index in [2.05, 4.69) is 45.2 Å². The molecule has 1 aromatic carbocycles. The molecular weight excluding hydrogens is 312 g/mol. The fraction of sp³-hybridized carbons (Fsp3) is 0.500. The van der Waals surface area contributed by atoms with Gasteiger partial charge in [-0.3, -0.25) is 14.4 Å². The second kappa shape index (κ2) is 7.00. The van der Waals surface area contributed by atoms with E-state index in [0.29, 0.717) is 18.5 Å². The average Bonchev–Trinajstić information content (AvgIpc) is 2.83. The summed E-state index contributed by atoms with van der Waals surface area (Å²) in [6.45, 7) is 6.18. The van der Waals surface area contributed by atoms with Crippen molar-refractivity contribution < 1.29 is 4.79 Å². The average molecular weight is 338 g/mol. The summed E-state index contributed by atoms with van der Waals surface area (Å²) in [6, 6.07) is 13.1. The minimum Gasteiger partial charge on any atom is -0.339 e. The Kier molecular flexibility index (Phi) is 4.57. The molecule has 5 heteroatoms. The number of benzene rings is 1. The van der Waals surface area contributed by atoms with Crippen molar-refractivity contribution in [1.29, 1.82) is 0 Å². The molecule has 0 spiro atoms. The van der Waals surface area contributed by atoms with Crippen molar-refractivity contribution in [3.05, 3.63) is 53.9 Å². The molecule has 0 N–H and O–H groups in total. The van der Waals surface area contributed by atoms with Crippen LogP contribution in [-0.2, 0) is 17.9 Å². The van der Waals surface area contributed by atoms with Gasteiger partial charge in [0.05, 0.1) is 0 Å².